The van der Waals surface area contributed by atoms with Gasteiger partial charge in [0.15, 0.2) is 10.9 Å². The number of amides is 1. The van der Waals surface area contributed by atoms with Gasteiger partial charge in [0.1, 0.15) is 0 Å². The summed E-state index contributed by atoms with van der Waals surface area (Å²) in [5.74, 6) is 0.994. The molecule has 1 N–H and O–H groups in total. The van der Waals surface area contributed by atoms with Crippen molar-refractivity contribution in [2.45, 2.75) is 18.8 Å². The van der Waals surface area contributed by atoms with Gasteiger partial charge in [0.2, 0.25) is 5.91 Å². The van der Waals surface area contributed by atoms with E-state index in [-0.39, 0.29) is 11.8 Å². The van der Waals surface area contributed by atoms with Crippen LogP contribution >= 0.6 is 11.3 Å². The number of piperidine rings is 1. The van der Waals surface area contributed by atoms with Gasteiger partial charge in [0.25, 0.3) is 0 Å². The number of hydrogen-bond donors (Lipinski definition) is 1. The average molecular weight is 392 g/mol. The monoisotopic (exact) mass is 391 g/mol. The second kappa shape index (κ2) is 8.75. The molecule has 1 aliphatic heterocycles. The molecule has 0 aliphatic carbocycles. The SMILES string of the molecule is O=C(/C=C/c1ccccc1)N1CCC[C@@H](c2csc(Nc3cnccn3)n2)C1. The smallest absolute Gasteiger partial charge is 0.246 e. The van der Waals surface area contributed by atoms with Crippen LogP contribution < -0.4 is 5.32 Å². The molecule has 1 aliphatic rings. The van der Waals surface area contributed by atoms with Gasteiger partial charge >= 0.3 is 0 Å². The van der Waals surface area contributed by atoms with Crippen molar-refractivity contribution in [2.75, 3.05) is 18.4 Å². The van der Waals surface area contributed by atoms with Crippen LogP contribution in [0, 0.1) is 0 Å². The van der Waals surface area contributed by atoms with Gasteiger partial charge in [0, 0.05) is 42.9 Å². The van der Waals surface area contributed by atoms with Crippen LogP contribution in [0.15, 0.2) is 60.4 Å². The fourth-order valence-corrected chi connectivity index (χ4v) is 4.06. The van der Waals surface area contributed by atoms with E-state index in [0.29, 0.717) is 12.4 Å². The van der Waals surface area contributed by atoms with Crippen molar-refractivity contribution in [1.82, 2.24) is 19.9 Å². The number of nitrogens with one attached hydrogen (secondary N) is 1. The normalized spacial score (nSPS) is 17.0. The van der Waals surface area contributed by atoms with E-state index in [4.69, 9.17) is 4.98 Å². The van der Waals surface area contributed by atoms with Gasteiger partial charge < -0.3 is 10.2 Å². The van der Waals surface area contributed by atoms with E-state index in [2.05, 4.69) is 20.7 Å². The first kappa shape index (κ1) is 18.3. The second-order valence-corrected chi connectivity index (χ2v) is 7.52. The molecule has 1 amide bonds. The lowest BCUT2D eigenvalue weighted by molar-refractivity contribution is -0.127. The van der Waals surface area contributed by atoms with Crippen LogP contribution in [0.25, 0.3) is 6.08 Å². The van der Waals surface area contributed by atoms with Gasteiger partial charge in [0.05, 0.1) is 11.9 Å². The molecule has 2 aromatic heterocycles. The Morgan fingerprint density at radius 3 is 2.96 bits per heavy atom. The highest BCUT2D eigenvalue weighted by atomic mass is 32.1. The molecular weight excluding hydrogens is 370 g/mol. The van der Waals surface area contributed by atoms with Gasteiger partial charge in [-0.1, -0.05) is 30.3 Å². The number of carbonyl (C=O) groups excluding carboxylic acids is 1. The van der Waals surface area contributed by atoms with Gasteiger partial charge in [-0.25, -0.2) is 9.97 Å². The summed E-state index contributed by atoms with van der Waals surface area (Å²) in [6.45, 7) is 1.50. The zero-order valence-electron chi connectivity index (χ0n) is 15.4. The maximum Gasteiger partial charge on any atom is 0.246 e. The number of carbonyl (C=O) groups is 1. The number of nitrogens with zero attached hydrogens (tertiary/aromatic N) is 4. The topological polar surface area (TPSA) is 71.0 Å². The van der Waals surface area contributed by atoms with Crippen LogP contribution in [0.1, 0.15) is 30.0 Å². The highest BCUT2D eigenvalue weighted by Crippen LogP contribution is 2.30. The first-order valence-corrected chi connectivity index (χ1v) is 10.2. The van der Waals surface area contributed by atoms with E-state index in [1.54, 1.807) is 36.0 Å². The minimum Gasteiger partial charge on any atom is -0.338 e. The molecule has 6 nitrogen and oxygen atoms in total. The predicted molar refractivity (Wildman–Crippen MR) is 111 cm³/mol. The molecule has 1 aromatic carbocycles. The first-order chi connectivity index (χ1) is 13.8. The number of hydrogen-bond acceptors (Lipinski definition) is 6. The lowest BCUT2D eigenvalue weighted by Crippen LogP contribution is -2.38. The molecule has 0 saturated carbocycles. The summed E-state index contributed by atoms with van der Waals surface area (Å²) in [6, 6.07) is 9.88. The lowest BCUT2D eigenvalue weighted by Gasteiger charge is -2.31. The Balaban J connectivity index is 1.38. The van der Waals surface area contributed by atoms with E-state index >= 15 is 0 Å². The molecule has 0 spiro atoms. The average Bonchev–Trinajstić information content (AvgIpc) is 3.22. The van der Waals surface area contributed by atoms with Gasteiger partial charge in [-0.2, -0.15) is 0 Å². The quantitative estimate of drug-likeness (QED) is 0.663. The Kier molecular flexibility index (Phi) is 5.72. The fraction of sp³-hybridized carbons (Fsp3) is 0.238. The maximum atomic E-state index is 12.6. The lowest BCUT2D eigenvalue weighted by atomic mass is 9.95. The van der Waals surface area contributed by atoms with Crippen molar-refractivity contribution in [3.05, 3.63) is 71.6 Å². The molecule has 3 aromatic rings. The second-order valence-electron chi connectivity index (χ2n) is 6.66. The van der Waals surface area contributed by atoms with Crippen molar-refractivity contribution in [3.63, 3.8) is 0 Å². The fourth-order valence-electron chi connectivity index (χ4n) is 3.26. The molecule has 1 atom stereocenters. The summed E-state index contributed by atoms with van der Waals surface area (Å²) >= 11 is 1.55. The zero-order valence-corrected chi connectivity index (χ0v) is 16.2. The number of thiazole rings is 1. The predicted octanol–water partition coefficient (Wildman–Crippen LogP) is 4.10. The van der Waals surface area contributed by atoms with E-state index in [0.717, 1.165) is 35.8 Å². The molecule has 1 fully saturated rings. The van der Waals surface area contributed by atoms with Crippen molar-refractivity contribution in [1.29, 1.82) is 0 Å². The highest BCUT2D eigenvalue weighted by Gasteiger charge is 2.25. The summed E-state index contributed by atoms with van der Waals surface area (Å²) in [4.78, 5) is 27.5. The van der Waals surface area contributed by atoms with Gasteiger partial charge in [-0.05, 0) is 24.5 Å². The molecular formula is C21H21N5OS. The highest BCUT2D eigenvalue weighted by molar-refractivity contribution is 7.13. The number of benzene rings is 1. The maximum absolute atomic E-state index is 12.6. The molecule has 4 rings (SSSR count). The zero-order chi connectivity index (χ0) is 19.2. The first-order valence-electron chi connectivity index (χ1n) is 9.28. The third-order valence-electron chi connectivity index (χ3n) is 4.69. The summed E-state index contributed by atoms with van der Waals surface area (Å²) in [5, 5.41) is 6.04. The Morgan fingerprint density at radius 2 is 2.14 bits per heavy atom. The number of aromatic nitrogens is 3. The molecule has 7 heteroatoms. The van der Waals surface area contributed by atoms with Crippen LogP contribution in [0.4, 0.5) is 10.9 Å². The van der Waals surface area contributed by atoms with Gasteiger partial charge in [-0.15, -0.1) is 11.3 Å². The van der Waals surface area contributed by atoms with E-state index in [1.165, 1.54) is 0 Å². The van der Waals surface area contributed by atoms with E-state index < -0.39 is 0 Å². The van der Waals surface area contributed by atoms with E-state index in [9.17, 15) is 4.79 Å². The molecule has 1 saturated heterocycles. The van der Waals surface area contributed by atoms with Crippen molar-refractivity contribution in [3.8, 4) is 0 Å². The third kappa shape index (κ3) is 4.61. The molecule has 0 unspecified atom stereocenters. The van der Waals surface area contributed by atoms with Crippen molar-refractivity contribution in [2.24, 2.45) is 0 Å². The summed E-state index contributed by atoms with van der Waals surface area (Å²) in [6.07, 6.45) is 10.5. The van der Waals surface area contributed by atoms with Crippen LogP contribution in [-0.4, -0.2) is 38.8 Å². The van der Waals surface area contributed by atoms with Crippen LogP contribution in [-0.2, 0) is 4.79 Å². The molecule has 3 heterocycles. The number of anilines is 2. The van der Waals surface area contributed by atoms with Crippen molar-refractivity contribution < 1.29 is 4.79 Å². The van der Waals surface area contributed by atoms with E-state index in [1.807, 2.05) is 41.3 Å². The Morgan fingerprint density at radius 1 is 1.25 bits per heavy atom. The Hall–Kier alpha value is -3.06. The minimum absolute atomic E-state index is 0.0571. The van der Waals surface area contributed by atoms with Crippen LogP contribution in [0.3, 0.4) is 0 Å². The number of likely N-dealkylation sites (tertiary alicyclic amines) is 1. The molecule has 28 heavy (non-hydrogen) atoms. The van der Waals surface area contributed by atoms with Crippen LogP contribution in [0.5, 0.6) is 0 Å². The van der Waals surface area contributed by atoms with Crippen LogP contribution in [0.2, 0.25) is 0 Å². The number of rotatable bonds is 5. The molecule has 0 radical (unpaired) electrons. The summed E-state index contributed by atoms with van der Waals surface area (Å²) in [7, 11) is 0. The standard InChI is InChI=1S/C21H21N5OS/c27-20(9-8-16-5-2-1-3-6-16)26-12-4-7-17(14-26)18-15-28-21(24-18)25-19-13-22-10-11-23-19/h1-3,5-6,8-11,13,15,17H,4,7,12,14H2,(H,23,24,25)/b9-8+/t17-/m1/s1. The van der Waals surface area contributed by atoms with Crippen molar-refractivity contribution >= 4 is 34.3 Å². The van der Waals surface area contributed by atoms with Gasteiger partial charge in [-0.3, -0.25) is 9.78 Å². The summed E-state index contributed by atoms with van der Waals surface area (Å²) in [5.41, 5.74) is 2.06. The largest absolute Gasteiger partial charge is 0.338 e. The Labute approximate surface area is 168 Å². The third-order valence-corrected chi connectivity index (χ3v) is 5.47. The molecule has 0 bridgehead atoms. The summed E-state index contributed by atoms with van der Waals surface area (Å²) < 4.78 is 0. The minimum atomic E-state index is 0.0571. The molecule has 142 valence electrons. The Bertz CT molecular complexity index is 942.